The van der Waals surface area contributed by atoms with Crippen LogP contribution in [-0.2, 0) is 4.79 Å². The third kappa shape index (κ3) is 4.34. The van der Waals surface area contributed by atoms with Gasteiger partial charge in [-0.2, -0.15) is 0 Å². The minimum Gasteiger partial charge on any atom is -0.396 e. The van der Waals surface area contributed by atoms with Crippen molar-refractivity contribution < 1.29 is 9.90 Å². The molecule has 0 spiro atoms. The quantitative estimate of drug-likeness (QED) is 0.662. The molecule has 0 heterocycles. The van der Waals surface area contributed by atoms with Crippen molar-refractivity contribution in [2.45, 2.75) is 27.7 Å². The van der Waals surface area contributed by atoms with E-state index in [2.05, 4.69) is 5.32 Å². The van der Waals surface area contributed by atoms with Crippen molar-refractivity contribution in [3.8, 4) is 0 Å². The van der Waals surface area contributed by atoms with Gasteiger partial charge in [0.25, 0.3) is 0 Å². The van der Waals surface area contributed by atoms with Gasteiger partial charge in [0.15, 0.2) is 0 Å². The molecule has 3 heteroatoms. The van der Waals surface area contributed by atoms with E-state index >= 15 is 0 Å². The molecule has 72 valence electrons. The van der Waals surface area contributed by atoms with E-state index in [0.717, 1.165) is 0 Å². The van der Waals surface area contributed by atoms with Gasteiger partial charge in [-0.25, -0.2) is 0 Å². The number of carbonyl (C=O) groups is 1. The van der Waals surface area contributed by atoms with Crippen molar-refractivity contribution in [3.63, 3.8) is 0 Å². The first-order valence-electron chi connectivity index (χ1n) is 4.27. The lowest BCUT2D eigenvalue weighted by Crippen LogP contribution is -2.37. The van der Waals surface area contributed by atoms with Crippen LogP contribution >= 0.6 is 0 Å². The predicted octanol–water partition coefficient (Wildman–Crippen LogP) is 0.777. The summed E-state index contributed by atoms with van der Waals surface area (Å²) < 4.78 is 0. The van der Waals surface area contributed by atoms with Crippen LogP contribution in [0.1, 0.15) is 27.7 Å². The molecule has 0 fully saturated rings. The molecular formula is C9H19NO2. The molecule has 1 unspecified atom stereocenters. The number of aliphatic hydroxyl groups is 1. The molecule has 0 saturated carbocycles. The molecule has 0 rings (SSSR count). The lowest BCUT2D eigenvalue weighted by atomic mass is 9.95. The highest BCUT2D eigenvalue weighted by molar-refractivity contribution is 5.81. The van der Waals surface area contributed by atoms with Crippen molar-refractivity contribution in [2.75, 3.05) is 13.2 Å². The Hall–Kier alpha value is -0.570. The second kappa shape index (κ2) is 4.45. The largest absolute Gasteiger partial charge is 0.396 e. The maximum Gasteiger partial charge on any atom is 0.225 e. The first kappa shape index (κ1) is 11.4. The fourth-order valence-corrected chi connectivity index (χ4v) is 0.597. The van der Waals surface area contributed by atoms with E-state index in [1.165, 1.54) is 0 Å². The molecule has 0 aromatic carbocycles. The zero-order chi connectivity index (χ0) is 9.78. The lowest BCUT2D eigenvalue weighted by Gasteiger charge is -2.19. The topological polar surface area (TPSA) is 49.3 Å². The van der Waals surface area contributed by atoms with Crippen LogP contribution in [0.5, 0.6) is 0 Å². The molecule has 0 radical (unpaired) electrons. The molecule has 0 aliphatic heterocycles. The van der Waals surface area contributed by atoms with Crippen LogP contribution in [0, 0.1) is 11.3 Å². The summed E-state index contributed by atoms with van der Waals surface area (Å²) in [6.07, 6.45) is 0. The van der Waals surface area contributed by atoms with Crippen LogP contribution < -0.4 is 5.32 Å². The second-order valence-electron chi connectivity index (χ2n) is 4.25. The van der Waals surface area contributed by atoms with Gasteiger partial charge in [0.2, 0.25) is 5.91 Å². The third-order valence-electron chi connectivity index (χ3n) is 1.60. The van der Waals surface area contributed by atoms with Crippen molar-refractivity contribution in [3.05, 3.63) is 0 Å². The molecule has 3 nitrogen and oxygen atoms in total. The van der Waals surface area contributed by atoms with Crippen molar-refractivity contribution >= 4 is 5.91 Å². The van der Waals surface area contributed by atoms with Gasteiger partial charge in [0, 0.05) is 18.6 Å². The summed E-state index contributed by atoms with van der Waals surface area (Å²) >= 11 is 0. The van der Waals surface area contributed by atoms with E-state index < -0.39 is 0 Å². The number of carbonyl (C=O) groups excluding carboxylic acids is 1. The van der Waals surface area contributed by atoms with E-state index in [1.54, 1.807) is 0 Å². The number of rotatable bonds is 3. The SMILES string of the molecule is CC(CO)CNC(=O)C(C)(C)C. The first-order chi connectivity index (χ1) is 5.38. The molecule has 1 amide bonds. The van der Waals surface area contributed by atoms with E-state index in [9.17, 15) is 4.79 Å². The molecule has 0 aromatic rings. The number of hydrogen-bond acceptors (Lipinski definition) is 2. The van der Waals surface area contributed by atoms with Crippen molar-refractivity contribution in [2.24, 2.45) is 11.3 Å². The van der Waals surface area contributed by atoms with Gasteiger partial charge in [-0.15, -0.1) is 0 Å². The predicted molar refractivity (Wildman–Crippen MR) is 48.7 cm³/mol. The molecule has 0 saturated heterocycles. The molecule has 2 N–H and O–H groups in total. The van der Waals surface area contributed by atoms with Gasteiger partial charge < -0.3 is 10.4 Å². The molecule has 12 heavy (non-hydrogen) atoms. The number of nitrogens with one attached hydrogen (secondary N) is 1. The van der Waals surface area contributed by atoms with Crippen LogP contribution in [0.3, 0.4) is 0 Å². The lowest BCUT2D eigenvalue weighted by molar-refractivity contribution is -0.128. The van der Waals surface area contributed by atoms with Crippen LogP contribution in [-0.4, -0.2) is 24.2 Å². The second-order valence-corrected chi connectivity index (χ2v) is 4.25. The van der Waals surface area contributed by atoms with E-state index in [0.29, 0.717) is 6.54 Å². The van der Waals surface area contributed by atoms with E-state index in [1.807, 2.05) is 27.7 Å². The normalized spacial score (nSPS) is 14.1. The highest BCUT2D eigenvalue weighted by Gasteiger charge is 2.20. The molecular weight excluding hydrogens is 154 g/mol. The average molecular weight is 173 g/mol. The highest BCUT2D eigenvalue weighted by Crippen LogP contribution is 2.12. The van der Waals surface area contributed by atoms with Gasteiger partial charge in [0.1, 0.15) is 0 Å². The van der Waals surface area contributed by atoms with Crippen molar-refractivity contribution in [1.29, 1.82) is 0 Å². The molecule has 0 bridgehead atoms. The summed E-state index contributed by atoms with van der Waals surface area (Å²) in [4.78, 5) is 11.3. The van der Waals surface area contributed by atoms with Gasteiger partial charge in [-0.3, -0.25) is 4.79 Å². The third-order valence-corrected chi connectivity index (χ3v) is 1.60. The van der Waals surface area contributed by atoms with Crippen molar-refractivity contribution in [1.82, 2.24) is 5.32 Å². The molecule has 0 aliphatic rings. The van der Waals surface area contributed by atoms with E-state index in [-0.39, 0.29) is 23.8 Å². The summed E-state index contributed by atoms with van der Waals surface area (Å²) in [5, 5.41) is 11.5. The monoisotopic (exact) mass is 173 g/mol. The highest BCUT2D eigenvalue weighted by atomic mass is 16.3. The molecule has 0 aromatic heterocycles. The summed E-state index contributed by atoms with van der Waals surface area (Å²) in [5.41, 5.74) is -0.338. The zero-order valence-electron chi connectivity index (χ0n) is 8.35. The number of aliphatic hydroxyl groups excluding tert-OH is 1. The Morgan fingerprint density at radius 1 is 1.50 bits per heavy atom. The zero-order valence-corrected chi connectivity index (χ0v) is 8.35. The van der Waals surface area contributed by atoms with Crippen LogP contribution in [0.25, 0.3) is 0 Å². The summed E-state index contributed by atoms with van der Waals surface area (Å²) in [7, 11) is 0. The van der Waals surface area contributed by atoms with E-state index in [4.69, 9.17) is 5.11 Å². The molecule has 1 atom stereocenters. The van der Waals surface area contributed by atoms with Crippen LogP contribution in [0.15, 0.2) is 0 Å². The Morgan fingerprint density at radius 2 is 2.00 bits per heavy atom. The van der Waals surface area contributed by atoms with Gasteiger partial charge in [-0.1, -0.05) is 27.7 Å². The summed E-state index contributed by atoms with van der Waals surface area (Å²) in [6, 6.07) is 0. The van der Waals surface area contributed by atoms with Gasteiger partial charge in [-0.05, 0) is 5.92 Å². The number of hydrogen-bond donors (Lipinski definition) is 2. The summed E-state index contributed by atoms with van der Waals surface area (Å²) in [5.74, 6) is 0.166. The van der Waals surface area contributed by atoms with Crippen LogP contribution in [0.2, 0.25) is 0 Å². The fourth-order valence-electron chi connectivity index (χ4n) is 0.597. The molecule has 0 aliphatic carbocycles. The Morgan fingerprint density at radius 3 is 2.33 bits per heavy atom. The van der Waals surface area contributed by atoms with Gasteiger partial charge in [0.05, 0.1) is 0 Å². The Kier molecular flexibility index (Phi) is 4.24. The van der Waals surface area contributed by atoms with Crippen LogP contribution in [0.4, 0.5) is 0 Å². The fraction of sp³-hybridized carbons (Fsp3) is 0.889. The maximum atomic E-state index is 11.3. The minimum atomic E-state index is -0.338. The Bertz CT molecular complexity index is 149. The number of amides is 1. The average Bonchev–Trinajstić information content (AvgIpc) is 1.97. The minimum absolute atomic E-state index is 0.0304. The smallest absolute Gasteiger partial charge is 0.225 e. The summed E-state index contributed by atoms with van der Waals surface area (Å²) in [6.45, 7) is 8.16. The maximum absolute atomic E-state index is 11.3. The Labute approximate surface area is 74.2 Å². The Balaban J connectivity index is 3.73. The first-order valence-corrected chi connectivity index (χ1v) is 4.27. The van der Waals surface area contributed by atoms with Gasteiger partial charge >= 0.3 is 0 Å². The standard InChI is InChI=1S/C9H19NO2/c1-7(6-11)5-10-8(12)9(2,3)4/h7,11H,5-6H2,1-4H3,(H,10,12).